The lowest BCUT2D eigenvalue weighted by Gasteiger charge is -2.26. The van der Waals surface area contributed by atoms with E-state index < -0.39 is 0 Å². The summed E-state index contributed by atoms with van der Waals surface area (Å²) in [5.41, 5.74) is 0.477. The lowest BCUT2D eigenvalue weighted by Crippen LogP contribution is -2.42. The third kappa shape index (κ3) is 4.07. The number of aromatic amines is 1. The van der Waals surface area contributed by atoms with Gasteiger partial charge in [-0.25, -0.2) is 0 Å². The Morgan fingerprint density at radius 1 is 1.42 bits per heavy atom. The molecule has 0 radical (unpaired) electrons. The largest absolute Gasteiger partial charge is 0.378 e. The van der Waals surface area contributed by atoms with Crippen LogP contribution >= 0.6 is 15.9 Å². The Labute approximate surface area is 119 Å². The molecule has 7 heteroatoms. The Morgan fingerprint density at radius 2 is 2.16 bits per heavy atom. The van der Waals surface area contributed by atoms with E-state index in [0.717, 1.165) is 4.47 Å². The first-order valence-electron chi connectivity index (χ1n) is 6.14. The summed E-state index contributed by atoms with van der Waals surface area (Å²) < 4.78 is 6.00. The molecule has 0 bridgehead atoms. The maximum Gasteiger partial charge on any atom is 0.267 e. The molecule has 1 aromatic heterocycles. The standard InChI is InChI=1S/C12H16BrN3O3/c13-9-7-10(15-8-9)12(18)14-2-1-11(17)16-3-5-19-6-4-16/h7-8,15H,1-6H2,(H,14,18). The van der Waals surface area contributed by atoms with Crippen LogP contribution in [0.4, 0.5) is 0 Å². The van der Waals surface area contributed by atoms with E-state index in [1.54, 1.807) is 17.2 Å². The molecule has 1 aromatic rings. The Morgan fingerprint density at radius 3 is 2.79 bits per heavy atom. The molecule has 6 nitrogen and oxygen atoms in total. The molecule has 2 rings (SSSR count). The van der Waals surface area contributed by atoms with Gasteiger partial charge in [0.15, 0.2) is 0 Å². The topological polar surface area (TPSA) is 74.4 Å². The number of aromatic nitrogens is 1. The maximum atomic E-state index is 11.8. The van der Waals surface area contributed by atoms with E-state index in [2.05, 4.69) is 26.2 Å². The van der Waals surface area contributed by atoms with Gasteiger partial charge < -0.3 is 19.9 Å². The van der Waals surface area contributed by atoms with E-state index >= 15 is 0 Å². The van der Waals surface area contributed by atoms with Crippen LogP contribution < -0.4 is 5.32 Å². The van der Waals surface area contributed by atoms with Crippen molar-refractivity contribution in [1.82, 2.24) is 15.2 Å². The average Bonchev–Trinajstić information content (AvgIpc) is 2.86. The number of ether oxygens (including phenoxy) is 1. The van der Waals surface area contributed by atoms with Crippen molar-refractivity contribution in [2.24, 2.45) is 0 Å². The Kier molecular flexibility index (Phi) is 4.98. The van der Waals surface area contributed by atoms with Gasteiger partial charge in [0.25, 0.3) is 5.91 Å². The summed E-state index contributed by atoms with van der Waals surface area (Å²) in [6.45, 7) is 2.79. The number of morpholine rings is 1. The second kappa shape index (κ2) is 6.72. The molecule has 0 saturated carbocycles. The highest BCUT2D eigenvalue weighted by molar-refractivity contribution is 9.10. The molecule has 2 amide bonds. The lowest BCUT2D eigenvalue weighted by molar-refractivity contribution is -0.135. The zero-order chi connectivity index (χ0) is 13.7. The normalized spacial score (nSPS) is 15.3. The fraction of sp³-hybridized carbons (Fsp3) is 0.500. The summed E-state index contributed by atoms with van der Waals surface area (Å²) in [6.07, 6.45) is 2.00. The molecule has 1 fully saturated rings. The molecular formula is C12H16BrN3O3. The highest BCUT2D eigenvalue weighted by Gasteiger charge is 2.16. The molecule has 2 N–H and O–H groups in total. The molecule has 0 spiro atoms. The molecule has 1 aliphatic rings. The van der Waals surface area contributed by atoms with Crippen molar-refractivity contribution >= 4 is 27.7 Å². The van der Waals surface area contributed by atoms with Gasteiger partial charge in [0.05, 0.1) is 13.2 Å². The molecule has 19 heavy (non-hydrogen) atoms. The fourth-order valence-electron chi connectivity index (χ4n) is 1.85. The van der Waals surface area contributed by atoms with E-state index in [1.165, 1.54) is 0 Å². The van der Waals surface area contributed by atoms with Gasteiger partial charge in [0.1, 0.15) is 5.69 Å². The monoisotopic (exact) mass is 329 g/mol. The van der Waals surface area contributed by atoms with Crippen molar-refractivity contribution in [3.05, 3.63) is 22.4 Å². The molecule has 2 heterocycles. The Bertz CT molecular complexity index is 455. The van der Waals surface area contributed by atoms with Crippen LogP contribution in [-0.4, -0.2) is 54.5 Å². The van der Waals surface area contributed by atoms with Crippen LogP contribution in [0.15, 0.2) is 16.7 Å². The minimum atomic E-state index is -0.208. The van der Waals surface area contributed by atoms with E-state index in [9.17, 15) is 9.59 Å². The molecule has 104 valence electrons. The zero-order valence-electron chi connectivity index (χ0n) is 10.4. The number of hydrogen-bond donors (Lipinski definition) is 2. The first-order chi connectivity index (χ1) is 9.16. The number of amides is 2. The summed E-state index contributed by atoms with van der Waals surface area (Å²) in [4.78, 5) is 28.1. The second-order valence-corrected chi connectivity index (χ2v) is 5.15. The number of carbonyl (C=O) groups excluding carboxylic acids is 2. The van der Waals surface area contributed by atoms with Gasteiger partial charge in [0, 0.05) is 36.7 Å². The first kappa shape index (κ1) is 14.1. The van der Waals surface area contributed by atoms with E-state index in [-0.39, 0.29) is 11.8 Å². The summed E-state index contributed by atoms with van der Waals surface area (Å²) in [6, 6.07) is 1.69. The molecule has 1 saturated heterocycles. The number of carbonyl (C=O) groups is 2. The van der Waals surface area contributed by atoms with Gasteiger partial charge in [0.2, 0.25) is 5.91 Å². The molecule has 0 aromatic carbocycles. The number of nitrogens with zero attached hydrogens (tertiary/aromatic N) is 1. The van der Waals surface area contributed by atoms with Crippen molar-refractivity contribution in [3.8, 4) is 0 Å². The first-order valence-corrected chi connectivity index (χ1v) is 6.94. The van der Waals surface area contributed by atoms with Crippen molar-refractivity contribution in [1.29, 1.82) is 0 Å². The van der Waals surface area contributed by atoms with Gasteiger partial charge >= 0.3 is 0 Å². The van der Waals surface area contributed by atoms with Gasteiger partial charge in [-0.05, 0) is 22.0 Å². The maximum absolute atomic E-state index is 11.8. The quantitative estimate of drug-likeness (QED) is 0.856. The molecule has 0 unspecified atom stereocenters. The summed E-state index contributed by atoms with van der Waals surface area (Å²) in [7, 11) is 0. The minimum absolute atomic E-state index is 0.0521. The Balaban J connectivity index is 1.71. The molecule has 1 aliphatic heterocycles. The van der Waals surface area contributed by atoms with Crippen molar-refractivity contribution < 1.29 is 14.3 Å². The van der Waals surface area contributed by atoms with Crippen LogP contribution in [0.1, 0.15) is 16.9 Å². The van der Waals surface area contributed by atoms with Crippen molar-refractivity contribution in [3.63, 3.8) is 0 Å². The fourth-order valence-corrected chi connectivity index (χ4v) is 2.19. The predicted octanol–water partition coefficient (Wildman–Crippen LogP) is 0.756. The Hall–Kier alpha value is -1.34. The van der Waals surface area contributed by atoms with Crippen LogP contribution in [0, 0.1) is 0 Å². The molecular weight excluding hydrogens is 314 g/mol. The minimum Gasteiger partial charge on any atom is -0.378 e. The lowest BCUT2D eigenvalue weighted by atomic mass is 10.3. The van der Waals surface area contributed by atoms with E-state index in [0.29, 0.717) is 45.0 Å². The second-order valence-electron chi connectivity index (χ2n) is 4.23. The van der Waals surface area contributed by atoms with E-state index in [1.807, 2.05) is 0 Å². The van der Waals surface area contributed by atoms with Gasteiger partial charge in [-0.3, -0.25) is 9.59 Å². The van der Waals surface area contributed by atoms with Crippen LogP contribution in [0.2, 0.25) is 0 Å². The van der Waals surface area contributed by atoms with Gasteiger partial charge in [-0.15, -0.1) is 0 Å². The predicted molar refractivity (Wildman–Crippen MR) is 72.8 cm³/mol. The number of nitrogens with one attached hydrogen (secondary N) is 2. The zero-order valence-corrected chi connectivity index (χ0v) is 12.0. The average molecular weight is 330 g/mol. The highest BCUT2D eigenvalue weighted by atomic mass is 79.9. The van der Waals surface area contributed by atoms with Gasteiger partial charge in [-0.1, -0.05) is 0 Å². The number of hydrogen-bond acceptors (Lipinski definition) is 3. The van der Waals surface area contributed by atoms with Gasteiger partial charge in [-0.2, -0.15) is 0 Å². The van der Waals surface area contributed by atoms with Crippen molar-refractivity contribution in [2.75, 3.05) is 32.8 Å². The molecule has 0 atom stereocenters. The number of rotatable bonds is 4. The number of halogens is 1. The number of H-pyrrole nitrogens is 1. The summed E-state index contributed by atoms with van der Waals surface area (Å²) in [5.74, 6) is -0.156. The van der Waals surface area contributed by atoms with Crippen LogP contribution in [0.5, 0.6) is 0 Å². The SMILES string of the molecule is O=C(NCCC(=O)N1CCOCC1)c1cc(Br)c[nH]1. The van der Waals surface area contributed by atoms with Crippen molar-refractivity contribution in [2.45, 2.75) is 6.42 Å². The smallest absolute Gasteiger partial charge is 0.267 e. The van der Waals surface area contributed by atoms with Crippen LogP contribution in [-0.2, 0) is 9.53 Å². The van der Waals surface area contributed by atoms with Crippen LogP contribution in [0.3, 0.4) is 0 Å². The summed E-state index contributed by atoms with van der Waals surface area (Å²) in [5, 5.41) is 2.71. The van der Waals surface area contributed by atoms with Crippen LogP contribution in [0.25, 0.3) is 0 Å². The third-order valence-electron chi connectivity index (χ3n) is 2.88. The molecule has 0 aliphatic carbocycles. The summed E-state index contributed by atoms with van der Waals surface area (Å²) >= 11 is 3.26. The van der Waals surface area contributed by atoms with E-state index in [4.69, 9.17) is 4.74 Å². The third-order valence-corrected chi connectivity index (χ3v) is 3.34. The highest BCUT2D eigenvalue weighted by Crippen LogP contribution is 2.10.